The van der Waals surface area contributed by atoms with Crippen LogP contribution in [0.4, 0.5) is 5.82 Å². The highest BCUT2D eigenvalue weighted by atomic mass is 16.5. The van der Waals surface area contributed by atoms with Crippen molar-refractivity contribution in [2.24, 2.45) is 5.92 Å². The highest BCUT2D eigenvalue weighted by molar-refractivity contribution is 5.78. The second-order valence-corrected chi connectivity index (χ2v) is 5.30. The van der Waals surface area contributed by atoms with Crippen molar-refractivity contribution < 1.29 is 4.74 Å². The molecule has 2 aromatic rings. The normalized spacial score (nSPS) is 15.2. The number of aryl methyl sites for hydroxylation is 1. The van der Waals surface area contributed by atoms with Crippen LogP contribution in [0.1, 0.15) is 24.8 Å². The van der Waals surface area contributed by atoms with Gasteiger partial charge in [0, 0.05) is 11.1 Å². The summed E-state index contributed by atoms with van der Waals surface area (Å²) in [4.78, 5) is 0. The average molecular weight is 257 g/mol. The van der Waals surface area contributed by atoms with Gasteiger partial charge in [0.15, 0.2) is 0 Å². The number of nitrogen functional groups attached to an aromatic ring is 1. The lowest BCUT2D eigenvalue weighted by Crippen LogP contribution is -2.19. The molecule has 100 valence electrons. The molecule has 1 aromatic heterocycles. The Balaban J connectivity index is 1.88. The number of rotatable bonds is 4. The Kier molecular flexibility index (Phi) is 3.15. The summed E-state index contributed by atoms with van der Waals surface area (Å²) >= 11 is 0. The fourth-order valence-electron chi connectivity index (χ4n) is 2.36. The summed E-state index contributed by atoms with van der Waals surface area (Å²) in [6.45, 7) is 2.86. The molecule has 0 aliphatic heterocycles. The molecule has 1 aliphatic rings. The minimum absolute atomic E-state index is 0.582. The van der Waals surface area contributed by atoms with Crippen molar-refractivity contribution in [3.05, 3.63) is 30.0 Å². The predicted octanol–water partition coefficient (Wildman–Crippen LogP) is 3.15. The second-order valence-electron chi connectivity index (χ2n) is 5.30. The fourth-order valence-corrected chi connectivity index (χ4v) is 2.36. The SMILES string of the molecule is Cc1ccc(OCC2CCC2)c(-c2cn[nH]c2N)c1. The molecule has 1 heterocycles. The summed E-state index contributed by atoms with van der Waals surface area (Å²) in [7, 11) is 0. The van der Waals surface area contributed by atoms with E-state index in [1.165, 1.54) is 24.8 Å². The molecule has 1 saturated carbocycles. The molecule has 0 unspecified atom stereocenters. The van der Waals surface area contributed by atoms with Gasteiger partial charge in [-0.1, -0.05) is 18.1 Å². The molecule has 1 aromatic carbocycles. The number of H-pyrrole nitrogens is 1. The average Bonchev–Trinajstić information content (AvgIpc) is 2.75. The topological polar surface area (TPSA) is 63.9 Å². The number of anilines is 1. The largest absolute Gasteiger partial charge is 0.493 e. The van der Waals surface area contributed by atoms with E-state index in [1.54, 1.807) is 6.20 Å². The zero-order valence-corrected chi connectivity index (χ0v) is 11.1. The van der Waals surface area contributed by atoms with E-state index in [-0.39, 0.29) is 0 Å². The van der Waals surface area contributed by atoms with Gasteiger partial charge < -0.3 is 10.5 Å². The van der Waals surface area contributed by atoms with Gasteiger partial charge >= 0.3 is 0 Å². The summed E-state index contributed by atoms with van der Waals surface area (Å²) in [6.07, 6.45) is 5.66. The van der Waals surface area contributed by atoms with Gasteiger partial charge in [0.25, 0.3) is 0 Å². The number of hydrogen-bond acceptors (Lipinski definition) is 3. The van der Waals surface area contributed by atoms with Crippen molar-refractivity contribution >= 4 is 5.82 Å². The Bertz CT molecular complexity index is 573. The minimum atomic E-state index is 0.582. The molecule has 19 heavy (non-hydrogen) atoms. The molecule has 0 saturated heterocycles. The molecule has 1 aliphatic carbocycles. The first-order valence-corrected chi connectivity index (χ1v) is 6.76. The van der Waals surface area contributed by atoms with Crippen LogP contribution in [-0.4, -0.2) is 16.8 Å². The summed E-state index contributed by atoms with van der Waals surface area (Å²) in [5.41, 5.74) is 9.03. The summed E-state index contributed by atoms with van der Waals surface area (Å²) in [6, 6.07) is 6.18. The van der Waals surface area contributed by atoms with Gasteiger partial charge in [0.2, 0.25) is 0 Å². The van der Waals surface area contributed by atoms with Crippen molar-refractivity contribution in [3.63, 3.8) is 0 Å². The van der Waals surface area contributed by atoms with Gasteiger partial charge in [0.05, 0.1) is 12.8 Å². The molecule has 0 amide bonds. The summed E-state index contributed by atoms with van der Waals surface area (Å²) in [5.74, 6) is 2.19. The van der Waals surface area contributed by atoms with E-state index in [9.17, 15) is 0 Å². The lowest BCUT2D eigenvalue weighted by Gasteiger charge is -2.25. The van der Waals surface area contributed by atoms with Crippen molar-refractivity contribution in [2.75, 3.05) is 12.3 Å². The lowest BCUT2D eigenvalue weighted by molar-refractivity contribution is 0.181. The van der Waals surface area contributed by atoms with E-state index in [1.807, 2.05) is 6.07 Å². The van der Waals surface area contributed by atoms with E-state index in [0.717, 1.165) is 29.4 Å². The molecule has 3 rings (SSSR count). The monoisotopic (exact) mass is 257 g/mol. The maximum absolute atomic E-state index is 5.98. The summed E-state index contributed by atoms with van der Waals surface area (Å²) in [5, 5.41) is 6.76. The minimum Gasteiger partial charge on any atom is -0.493 e. The maximum atomic E-state index is 5.98. The van der Waals surface area contributed by atoms with Crippen LogP contribution in [-0.2, 0) is 0 Å². The van der Waals surface area contributed by atoms with E-state index in [4.69, 9.17) is 10.5 Å². The number of benzene rings is 1. The third-order valence-electron chi connectivity index (χ3n) is 3.79. The number of nitrogens with two attached hydrogens (primary N) is 1. The Labute approximate surface area is 113 Å². The van der Waals surface area contributed by atoms with Crippen molar-refractivity contribution in [2.45, 2.75) is 26.2 Å². The standard InChI is InChI=1S/C15H19N3O/c1-10-5-6-14(19-9-11-3-2-4-11)12(7-10)13-8-17-18-15(13)16/h5-8,11H,2-4,9H2,1H3,(H3,16,17,18). The fraction of sp³-hybridized carbons (Fsp3) is 0.400. The van der Waals surface area contributed by atoms with Crippen LogP contribution >= 0.6 is 0 Å². The van der Waals surface area contributed by atoms with Crippen LogP contribution in [0.25, 0.3) is 11.1 Å². The van der Waals surface area contributed by atoms with Crippen LogP contribution < -0.4 is 10.5 Å². The van der Waals surface area contributed by atoms with Crippen molar-refractivity contribution in [1.82, 2.24) is 10.2 Å². The molecule has 0 radical (unpaired) electrons. The first-order valence-electron chi connectivity index (χ1n) is 6.76. The van der Waals surface area contributed by atoms with E-state index < -0.39 is 0 Å². The number of ether oxygens (including phenoxy) is 1. The van der Waals surface area contributed by atoms with E-state index in [2.05, 4.69) is 29.3 Å². The molecule has 0 bridgehead atoms. The molecular weight excluding hydrogens is 238 g/mol. The molecular formula is C15H19N3O. The van der Waals surface area contributed by atoms with Crippen LogP contribution in [0.3, 0.4) is 0 Å². The highest BCUT2D eigenvalue weighted by Crippen LogP contribution is 2.35. The molecule has 1 fully saturated rings. The maximum Gasteiger partial charge on any atom is 0.127 e. The number of hydrogen-bond donors (Lipinski definition) is 2. The molecule has 4 heteroatoms. The van der Waals surface area contributed by atoms with Crippen LogP contribution in [0, 0.1) is 12.8 Å². The zero-order valence-electron chi connectivity index (χ0n) is 11.1. The molecule has 0 atom stereocenters. The van der Waals surface area contributed by atoms with Crippen molar-refractivity contribution in [1.29, 1.82) is 0 Å². The van der Waals surface area contributed by atoms with E-state index >= 15 is 0 Å². The smallest absolute Gasteiger partial charge is 0.127 e. The van der Waals surface area contributed by atoms with Crippen LogP contribution in [0.5, 0.6) is 5.75 Å². The lowest BCUT2D eigenvalue weighted by atomic mass is 9.86. The summed E-state index contributed by atoms with van der Waals surface area (Å²) < 4.78 is 5.98. The zero-order chi connectivity index (χ0) is 13.2. The van der Waals surface area contributed by atoms with Crippen molar-refractivity contribution in [3.8, 4) is 16.9 Å². The highest BCUT2D eigenvalue weighted by Gasteiger charge is 2.19. The van der Waals surface area contributed by atoms with Crippen LogP contribution in [0.15, 0.2) is 24.4 Å². The first-order chi connectivity index (χ1) is 9.24. The second kappa shape index (κ2) is 4.96. The third kappa shape index (κ3) is 2.43. The Morgan fingerprint density at radius 1 is 1.37 bits per heavy atom. The third-order valence-corrected chi connectivity index (χ3v) is 3.79. The van der Waals surface area contributed by atoms with Gasteiger partial charge in [-0.05, 0) is 37.8 Å². The van der Waals surface area contributed by atoms with Gasteiger partial charge in [-0.25, -0.2) is 0 Å². The quantitative estimate of drug-likeness (QED) is 0.884. The Morgan fingerprint density at radius 2 is 2.21 bits per heavy atom. The van der Waals surface area contributed by atoms with Gasteiger partial charge in [-0.3, -0.25) is 5.10 Å². The molecule has 3 N–H and O–H groups in total. The van der Waals surface area contributed by atoms with Gasteiger partial charge in [-0.15, -0.1) is 0 Å². The Hall–Kier alpha value is -1.97. The van der Waals surface area contributed by atoms with Gasteiger partial charge in [0.1, 0.15) is 11.6 Å². The number of aromatic amines is 1. The Morgan fingerprint density at radius 3 is 2.84 bits per heavy atom. The number of aromatic nitrogens is 2. The van der Waals surface area contributed by atoms with E-state index in [0.29, 0.717) is 5.82 Å². The number of nitrogens with zero attached hydrogens (tertiary/aromatic N) is 1. The molecule has 4 nitrogen and oxygen atoms in total. The predicted molar refractivity (Wildman–Crippen MR) is 76.0 cm³/mol. The van der Waals surface area contributed by atoms with Crippen LogP contribution in [0.2, 0.25) is 0 Å². The van der Waals surface area contributed by atoms with Gasteiger partial charge in [-0.2, -0.15) is 5.10 Å². The molecule has 0 spiro atoms. The number of nitrogens with one attached hydrogen (secondary N) is 1. The first kappa shape index (κ1) is 12.1.